The van der Waals surface area contributed by atoms with Gasteiger partial charge in [-0.15, -0.1) is 0 Å². The number of hydrogen-bond acceptors (Lipinski definition) is 4. The van der Waals surface area contributed by atoms with E-state index in [1.165, 1.54) is 12.0 Å². The average Bonchev–Trinajstić information content (AvgIpc) is 2.61. The van der Waals surface area contributed by atoms with Crippen LogP contribution in [0, 0.1) is 11.8 Å². The molecule has 7 nitrogen and oxygen atoms in total. The Bertz CT molecular complexity index is 653. The van der Waals surface area contributed by atoms with E-state index in [0.29, 0.717) is 24.2 Å². The van der Waals surface area contributed by atoms with Gasteiger partial charge in [0.25, 0.3) is 0 Å². The molecule has 0 heterocycles. The maximum absolute atomic E-state index is 12.4. The first-order chi connectivity index (χ1) is 11.4. The van der Waals surface area contributed by atoms with Gasteiger partial charge in [-0.3, -0.25) is 14.5 Å². The van der Waals surface area contributed by atoms with E-state index in [-0.39, 0.29) is 5.91 Å². The Labute approximate surface area is 139 Å². The number of ether oxygens (including phenoxy) is 1. The minimum absolute atomic E-state index is 0.319. The highest BCUT2D eigenvalue weighted by atomic mass is 16.5. The van der Waals surface area contributed by atoms with Crippen molar-refractivity contribution in [1.82, 2.24) is 0 Å². The molecule has 0 bridgehead atoms. The molecule has 7 heteroatoms. The fourth-order valence-electron chi connectivity index (χ4n) is 2.62. The third-order valence-electron chi connectivity index (χ3n) is 4.06. The Morgan fingerprint density at radius 1 is 1.12 bits per heavy atom. The van der Waals surface area contributed by atoms with E-state index in [0.717, 1.165) is 0 Å². The number of amides is 2. The lowest BCUT2D eigenvalue weighted by Gasteiger charge is -2.24. The molecular formula is C17H20N2O5. The molecule has 128 valence electrons. The van der Waals surface area contributed by atoms with Gasteiger partial charge in [-0.2, -0.15) is 0 Å². The van der Waals surface area contributed by atoms with E-state index >= 15 is 0 Å². The monoisotopic (exact) mass is 332 g/mol. The van der Waals surface area contributed by atoms with Crippen molar-refractivity contribution in [2.75, 3.05) is 24.4 Å². The quantitative estimate of drug-likeness (QED) is 0.826. The van der Waals surface area contributed by atoms with E-state index in [1.807, 2.05) is 6.08 Å². The van der Waals surface area contributed by atoms with Crippen LogP contribution in [0.3, 0.4) is 0 Å². The SMILES string of the molecule is COC(=O)N(C)c1ccc(NC(=O)C2CC=CCC2C(=O)O)cc1. The van der Waals surface area contributed by atoms with E-state index in [1.54, 1.807) is 37.4 Å². The summed E-state index contributed by atoms with van der Waals surface area (Å²) in [6, 6.07) is 6.65. The van der Waals surface area contributed by atoms with Crippen LogP contribution in [0.2, 0.25) is 0 Å². The zero-order valence-corrected chi connectivity index (χ0v) is 13.6. The Balaban J connectivity index is 2.05. The number of carboxylic acid groups (broad SMARTS) is 1. The van der Waals surface area contributed by atoms with Crippen LogP contribution in [0.4, 0.5) is 16.2 Å². The summed E-state index contributed by atoms with van der Waals surface area (Å²) in [5.74, 6) is -2.58. The number of carbonyl (C=O) groups excluding carboxylic acids is 2. The predicted octanol–water partition coefficient (Wildman–Crippen LogP) is 2.49. The molecular weight excluding hydrogens is 312 g/mol. The molecule has 0 aromatic heterocycles. The minimum Gasteiger partial charge on any atom is -0.481 e. The summed E-state index contributed by atoms with van der Waals surface area (Å²) in [4.78, 5) is 36.4. The number of carbonyl (C=O) groups is 3. The molecule has 2 unspecified atom stereocenters. The van der Waals surface area contributed by atoms with Crippen LogP contribution < -0.4 is 10.2 Å². The van der Waals surface area contributed by atoms with Gasteiger partial charge in [0.05, 0.1) is 18.9 Å². The Morgan fingerprint density at radius 2 is 1.71 bits per heavy atom. The first-order valence-corrected chi connectivity index (χ1v) is 7.54. The average molecular weight is 332 g/mol. The third kappa shape index (κ3) is 3.92. The number of aliphatic carboxylic acids is 1. The second kappa shape index (κ2) is 7.63. The number of methoxy groups -OCH3 is 1. The first-order valence-electron chi connectivity index (χ1n) is 7.54. The number of anilines is 2. The molecule has 0 fully saturated rings. The van der Waals surface area contributed by atoms with Gasteiger partial charge in [-0.05, 0) is 37.1 Å². The molecule has 2 N–H and O–H groups in total. The highest BCUT2D eigenvalue weighted by Crippen LogP contribution is 2.27. The van der Waals surface area contributed by atoms with Crippen molar-refractivity contribution in [3.05, 3.63) is 36.4 Å². The number of rotatable bonds is 4. The summed E-state index contributed by atoms with van der Waals surface area (Å²) >= 11 is 0. The van der Waals surface area contributed by atoms with Gasteiger partial charge in [-0.25, -0.2) is 4.79 Å². The topological polar surface area (TPSA) is 95.9 Å². The van der Waals surface area contributed by atoms with Crippen LogP contribution in [0.1, 0.15) is 12.8 Å². The highest BCUT2D eigenvalue weighted by Gasteiger charge is 2.33. The standard InChI is InChI=1S/C17H20N2O5/c1-19(17(23)24-2)12-9-7-11(8-10-12)18-15(20)13-5-3-4-6-14(13)16(21)22/h3-4,7-10,13-14H,5-6H2,1-2H3,(H,18,20)(H,21,22). The fraction of sp³-hybridized carbons (Fsp3) is 0.353. The molecule has 1 aliphatic carbocycles. The van der Waals surface area contributed by atoms with E-state index in [9.17, 15) is 19.5 Å². The van der Waals surface area contributed by atoms with E-state index < -0.39 is 23.9 Å². The van der Waals surface area contributed by atoms with Gasteiger partial charge in [0, 0.05) is 18.4 Å². The zero-order chi connectivity index (χ0) is 17.7. The number of benzene rings is 1. The molecule has 0 aliphatic heterocycles. The number of allylic oxidation sites excluding steroid dienone is 2. The second-order valence-corrected chi connectivity index (χ2v) is 5.56. The molecule has 2 amide bonds. The van der Waals surface area contributed by atoms with Crippen molar-refractivity contribution in [3.8, 4) is 0 Å². The Morgan fingerprint density at radius 3 is 2.25 bits per heavy atom. The summed E-state index contributed by atoms with van der Waals surface area (Å²) < 4.78 is 4.63. The van der Waals surface area contributed by atoms with Crippen molar-refractivity contribution in [2.45, 2.75) is 12.8 Å². The van der Waals surface area contributed by atoms with Gasteiger partial charge >= 0.3 is 12.1 Å². The number of hydrogen-bond donors (Lipinski definition) is 2. The third-order valence-corrected chi connectivity index (χ3v) is 4.06. The molecule has 0 saturated heterocycles. The largest absolute Gasteiger partial charge is 0.481 e. The van der Waals surface area contributed by atoms with Crippen LogP contribution in [-0.2, 0) is 14.3 Å². The van der Waals surface area contributed by atoms with Crippen LogP contribution in [0.5, 0.6) is 0 Å². The Kier molecular flexibility index (Phi) is 5.57. The van der Waals surface area contributed by atoms with Gasteiger partial charge in [-0.1, -0.05) is 12.2 Å². The number of nitrogens with one attached hydrogen (secondary N) is 1. The van der Waals surface area contributed by atoms with Crippen molar-refractivity contribution in [2.24, 2.45) is 11.8 Å². The predicted molar refractivity (Wildman–Crippen MR) is 88.9 cm³/mol. The molecule has 0 saturated carbocycles. The summed E-state index contributed by atoms with van der Waals surface area (Å²) in [7, 11) is 2.87. The van der Waals surface area contributed by atoms with Crippen LogP contribution in [0.15, 0.2) is 36.4 Å². The van der Waals surface area contributed by atoms with Crippen LogP contribution in [0.25, 0.3) is 0 Å². The van der Waals surface area contributed by atoms with Gasteiger partial charge in [0.2, 0.25) is 5.91 Å². The molecule has 0 radical (unpaired) electrons. The zero-order valence-electron chi connectivity index (χ0n) is 13.6. The maximum atomic E-state index is 12.4. The summed E-state index contributed by atoms with van der Waals surface area (Å²) in [5.41, 5.74) is 1.16. The van der Waals surface area contributed by atoms with Gasteiger partial charge in [0.1, 0.15) is 0 Å². The Hall–Kier alpha value is -2.83. The molecule has 0 spiro atoms. The molecule has 1 aromatic carbocycles. The molecule has 2 atom stereocenters. The van der Waals surface area contributed by atoms with E-state index in [2.05, 4.69) is 10.1 Å². The van der Waals surface area contributed by atoms with Crippen LogP contribution in [-0.4, -0.2) is 37.2 Å². The van der Waals surface area contributed by atoms with Gasteiger partial charge in [0.15, 0.2) is 0 Å². The first kappa shape index (κ1) is 17.5. The fourth-order valence-corrected chi connectivity index (χ4v) is 2.62. The molecule has 1 aromatic rings. The highest BCUT2D eigenvalue weighted by molar-refractivity contribution is 5.96. The lowest BCUT2D eigenvalue weighted by atomic mass is 9.82. The molecule has 2 rings (SSSR count). The van der Waals surface area contributed by atoms with Crippen molar-refractivity contribution in [3.63, 3.8) is 0 Å². The number of carboxylic acids is 1. The van der Waals surface area contributed by atoms with E-state index in [4.69, 9.17) is 0 Å². The smallest absolute Gasteiger partial charge is 0.413 e. The van der Waals surface area contributed by atoms with Crippen molar-refractivity contribution in [1.29, 1.82) is 0 Å². The van der Waals surface area contributed by atoms with Crippen molar-refractivity contribution < 1.29 is 24.2 Å². The normalized spacial score (nSPS) is 19.4. The minimum atomic E-state index is -0.963. The summed E-state index contributed by atoms with van der Waals surface area (Å²) in [6.07, 6.45) is 3.89. The molecule has 1 aliphatic rings. The van der Waals surface area contributed by atoms with Crippen molar-refractivity contribution >= 4 is 29.3 Å². The lowest BCUT2D eigenvalue weighted by Crippen LogP contribution is -2.34. The maximum Gasteiger partial charge on any atom is 0.413 e. The summed E-state index contributed by atoms with van der Waals surface area (Å²) in [6.45, 7) is 0. The molecule has 24 heavy (non-hydrogen) atoms. The summed E-state index contributed by atoms with van der Waals surface area (Å²) in [5, 5.41) is 12.0. The van der Waals surface area contributed by atoms with Gasteiger partial charge < -0.3 is 15.2 Å². The second-order valence-electron chi connectivity index (χ2n) is 5.56. The van der Waals surface area contributed by atoms with Crippen LogP contribution >= 0.6 is 0 Å². The lowest BCUT2D eigenvalue weighted by molar-refractivity contribution is -0.146. The number of nitrogens with zero attached hydrogens (tertiary/aromatic N) is 1.